The maximum Gasteiger partial charge on any atom is 0.296 e. The second-order valence-corrected chi connectivity index (χ2v) is 12.9. The molecule has 2 aliphatic rings. The maximum atomic E-state index is 2.48. The van der Waals surface area contributed by atoms with Crippen LogP contribution in [0.1, 0.15) is 48.8 Å². The third-order valence-electron chi connectivity index (χ3n) is 10.4. The highest BCUT2D eigenvalue weighted by Gasteiger charge is 2.54. The molecule has 0 amide bonds. The third-order valence-corrected chi connectivity index (χ3v) is 10.4. The van der Waals surface area contributed by atoms with Crippen molar-refractivity contribution in [3.8, 4) is 0 Å². The van der Waals surface area contributed by atoms with E-state index in [4.69, 9.17) is 0 Å². The average Bonchev–Trinajstić information content (AvgIpc) is 3.02. The van der Waals surface area contributed by atoms with Gasteiger partial charge >= 0.3 is 0 Å². The Balaban J connectivity index is 1.70. The van der Waals surface area contributed by atoms with Crippen LogP contribution in [0.3, 0.4) is 0 Å². The molecule has 2 heteroatoms. The molecule has 1 unspecified atom stereocenters. The van der Waals surface area contributed by atoms with Crippen molar-refractivity contribution < 1.29 is 0 Å². The smallest absolute Gasteiger partial charge is 0.296 e. The van der Waals surface area contributed by atoms with Crippen molar-refractivity contribution in [2.75, 3.05) is 14.1 Å². The molecular weight excluding hydrogens is 493 g/mol. The molecule has 1 aliphatic carbocycles. The van der Waals surface area contributed by atoms with E-state index in [1.54, 1.807) is 11.0 Å². The summed E-state index contributed by atoms with van der Waals surface area (Å²) in [6, 6.07) is 46.3. The van der Waals surface area contributed by atoms with Gasteiger partial charge in [0.05, 0.1) is 5.69 Å². The summed E-state index contributed by atoms with van der Waals surface area (Å²) in [7, 11) is 4.93. The minimum absolute atomic E-state index is 0.557. The summed E-state index contributed by atoms with van der Waals surface area (Å²) in [5.41, 5.74) is 11.5. The minimum Gasteiger partial charge on any atom is -0.474 e. The molecule has 1 heterocycles. The monoisotopic (exact) mass is 533 g/mol. The van der Waals surface area contributed by atoms with E-state index in [9.17, 15) is 0 Å². The lowest BCUT2D eigenvalue weighted by Crippen LogP contribution is -2.80. The Kier molecular flexibility index (Phi) is 6.48. The number of allylic oxidation sites excluding steroid dienone is 1. The molecule has 0 spiro atoms. The van der Waals surface area contributed by atoms with E-state index in [0.29, 0.717) is 5.92 Å². The zero-order chi connectivity index (χ0) is 28.0. The van der Waals surface area contributed by atoms with Crippen molar-refractivity contribution in [3.05, 3.63) is 138 Å². The first kappa shape index (κ1) is 26.1. The average molecular weight is 534 g/mol. The molecule has 5 aromatic rings. The molecule has 0 aromatic heterocycles. The van der Waals surface area contributed by atoms with Gasteiger partial charge in [-0.3, -0.25) is 0 Å². The molecule has 1 saturated carbocycles. The van der Waals surface area contributed by atoms with Crippen LogP contribution < -0.4 is 15.3 Å². The highest BCUT2D eigenvalue weighted by molar-refractivity contribution is 7.16. The zero-order valence-electron chi connectivity index (χ0n) is 24.7. The summed E-state index contributed by atoms with van der Waals surface area (Å²) in [4.78, 5) is 0. The normalized spacial score (nSPS) is 20.7. The fourth-order valence-electron chi connectivity index (χ4n) is 8.54. The number of hydrogen-bond acceptors (Lipinski definition) is 0. The number of para-hydroxylation sites is 1. The van der Waals surface area contributed by atoms with E-state index in [2.05, 4.69) is 142 Å². The predicted molar refractivity (Wildman–Crippen MR) is 180 cm³/mol. The van der Waals surface area contributed by atoms with Crippen LogP contribution in [0.25, 0.3) is 21.8 Å². The van der Waals surface area contributed by atoms with Crippen LogP contribution >= 0.6 is 0 Å². The Bertz CT molecular complexity index is 1740. The lowest BCUT2D eigenvalue weighted by molar-refractivity contribution is 0.429. The molecule has 5 aromatic carbocycles. The van der Waals surface area contributed by atoms with Crippen molar-refractivity contribution in [1.29, 1.82) is 0 Å². The Morgan fingerprint density at radius 3 is 2.00 bits per heavy atom. The predicted octanol–water partition coefficient (Wildman–Crippen LogP) is 8.52. The van der Waals surface area contributed by atoms with Crippen LogP contribution in [0.2, 0.25) is 0 Å². The highest BCUT2D eigenvalue weighted by atomic mass is 15.3. The molecule has 0 radical (unpaired) electrons. The first-order chi connectivity index (χ1) is 20.0. The van der Waals surface area contributed by atoms with Crippen LogP contribution in [-0.4, -0.2) is 20.4 Å². The largest absolute Gasteiger partial charge is 0.474 e. The molecular formula is C39H40BN. The van der Waals surface area contributed by atoms with Gasteiger partial charge in [0, 0.05) is 19.7 Å². The first-order valence-electron chi connectivity index (χ1n) is 15.5. The molecule has 0 saturated heterocycles. The van der Waals surface area contributed by atoms with Gasteiger partial charge in [0.2, 0.25) is 0 Å². The van der Waals surface area contributed by atoms with E-state index in [1.165, 1.54) is 76.2 Å². The number of fused-ring (bicyclic) bond motifs is 2. The van der Waals surface area contributed by atoms with E-state index in [0.717, 1.165) is 4.39 Å². The number of hydrogen-bond donors (Lipinski definition) is 0. The van der Waals surface area contributed by atoms with E-state index >= 15 is 0 Å². The molecule has 41 heavy (non-hydrogen) atoms. The topological polar surface area (TPSA) is 0 Å². The van der Waals surface area contributed by atoms with Crippen molar-refractivity contribution in [2.45, 2.75) is 39.0 Å². The van der Waals surface area contributed by atoms with E-state index < -0.39 is 6.28 Å². The first-order valence-corrected chi connectivity index (χ1v) is 15.5. The summed E-state index contributed by atoms with van der Waals surface area (Å²) in [6.07, 6.45) is 5.05. The molecule has 0 bridgehead atoms. The summed E-state index contributed by atoms with van der Waals surface area (Å²) < 4.78 is 0.779. The number of quaternary nitrogens is 1. The minimum atomic E-state index is -1.46. The fourth-order valence-corrected chi connectivity index (χ4v) is 8.54. The standard InChI is InChI=1S/C39H40BN/c1-29-22-26-35(27-23-29)40(34-18-8-5-9-19-34)39(33-25-24-30-14-10-11-17-32(30)28-33)38(31-15-6-4-7-16-31)36-20-12-13-21-37(36)41(40,2)3/h5,8-14,17-28,31H,4,6-7,15-16H2,1-3H3. The number of aryl methyl sites for hydroxylation is 1. The van der Waals surface area contributed by atoms with Gasteiger partial charge < -0.3 is 4.39 Å². The summed E-state index contributed by atoms with van der Waals surface area (Å²) in [5, 5.41) is 2.61. The van der Waals surface area contributed by atoms with Gasteiger partial charge in [-0.1, -0.05) is 139 Å². The summed E-state index contributed by atoms with van der Waals surface area (Å²) in [6.45, 7) is 2.20. The molecule has 0 N–H and O–H groups in total. The maximum absolute atomic E-state index is 2.48. The van der Waals surface area contributed by atoms with Gasteiger partial charge in [0.25, 0.3) is 6.28 Å². The number of nitrogens with zero attached hydrogens (tertiary/aromatic N) is 1. The SMILES string of the molecule is Cc1ccc([B-]2(c3ccccc3)C(c3ccc4ccccc4c3)=C(C3CCCCC3)c3ccccc3[N+]2(C)C)cc1. The lowest BCUT2D eigenvalue weighted by Gasteiger charge is -2.61. The summed E-state index contributed by atoms with van der Waals surface area (Å²) >= 11 is 0. The lowest BCUT2D eigenvalue weighted by atomic mass is 9.19. The Morgan fingerprint density at radius 2 is 1.24 bits per heavy atom. The molecule has 1 atom stereocenters. The van der Waals surface area contributed by atoms with Gasteiger partial charge in [-0.15, -0.1) is 16.4 Å². The zero-order valence-corrected chi connectivity index (χ0v) is 24.7. The highest BCUT2D eigenvalue weighted by Crippen LogP contribution is 2.53. The van der Waals surface area contributed by atoms with Gasteiger partial charge in [-0.25, -0.2) is 0 Å². The quantitative estimate of drug-likeness (QED) is 0.203. The van der Waals surface area contributed by atoms with Gasteiger partial charge in [0.1, 0.15) is 0 Å². The van der Waals surface area contributed by atoms with Crippen LogP contribution in [0.4, 0.5) is 5.69 Å². The van der Waals surface area contributed by atoms with Crippen molar-refractivity contribution >= 4 is 44.7 Å². The molecule has 204 valence electrons. The number of rotatable bonds is 4. The molecule has 1 fully saturated rings. The molecule has 1 aliphatic heterocycles. The van der Waals surface area contributed by atoms with Crippen LogP contribution in [-0.2, 0) is 0 Å². The molecule has 7 rings (SSSR count). The Labute approximate surface area is 245 Å². The second-order valence-electron chi connectivity index (χ2n) is 12.9. The van der Waals surface area contributed by atoms with Gasteiger partial charge in [0.15, 0.2) is 0 Å². The van der Waals surface area contributed by atoms with Crippen molar-refractivity contribution in [3.63, 3.8) is 0 Å². The van der Waals surface area contributed by atoms with E-state index in [-0.39, 0.29) is 0 Å². The van der Waals surface area contributed by atoms with E-state index in [1.807, 2.05) is 0 Å². The summed E-state index contributed by atoms with van der Waals surface area (Å²) in [5.74, 6) is 0.557. The van der Waals surface area contributed by atoms with Gasteiger partial charge in [-0.2, -0.15) is 0 Å². The fraction of sp³-hybridized carbons (Fsp3) is 0.231. The third kappa shape index (κ3) is 4.03. The Hall–Kier alpha value is -3.88. The van der Waals surface area contributed by atoms with Gasteiger partial charge in [-0.05, 0) is 54.7 Å². The van der Waals surface area contributed by atoms with Crippen LogP contribution in [0.15, 0.2) is 121 Å². The van der Waals surface area contributed by atoms with Crippen LogP contribution in [0.5, 0.6) is 0 Å². The Morgan fingerprint density at radius 1 is 0.610 bits per heavy atom. The molecule has 1 nitrogen and oxygen atoms in total. The number of benzene rings is 5. The second kappa shape index (κ2) is 10.2. The van der Waals surface area contributed by atoms with Crippen LogP contribution in [0, 0.1) is 12.8 Å². The van der Waals surface area contributed by atoms with Crippen molar-refractivity contribution in [2.24, 2.45) is 5.92 Å². The van der Waals surface area contributed by atoms with Crippen molar-refractivity contribution in [1.82, 2.24) is 4.39 Å².